The van der Waals surface area contributed by atoms with Gasteiger partial charge in [0.05, 0.1) is 0 Å². The van der Waals surface area contributed by atoms with Crippen LogP contribution in [0.3, 0.4) is 0 Å². The van der Waals surface area contributed by atoms with E-state index in [1.165, 1.54) is 12.7 Å². The Labute approximate surface area is 82.9 Å². The molecule has 0 aliphatic heterocycles. The molecular formula is C12H21B. The molecule has 0 saturated heterocycles. The second-order valence-electron chi connectivity index (χ2n) is 5.88. The molecule has 4 rings (SSSR count). The van der Waals surface area contributed by atoms with Crippen LogP contribution in [0.2, 0.25) is 6.32 Å². The summed E-state index contributed by atoms with van der Waals surface area (Å²) in [6.45, 7) is 0. The van der Waals surface area contributed by atoms with Crippen LogP contribution in [0.4, 0.5) is 0 Å². The van der Waals surface area contributed by atoms with E-state index in [-0.39, 0.29) is 0 Å². The van der Waals surface area contributed by atoms with Crippen molar-refractivity contribution in [1.29, 1.82) is 0 Å². The summed E-state index contributed by atoms with van der Waals surface area (Å²) in [7, 11) is 2.37. The summed E-state index contributed by atoms with van der Waals surface area (Å²) >= 11 is 0. The van der Waals surface area contributed by atoms with Gasteiger partial charge in [-0.3, -0.25) is 0 Å². The molecule has 0 atom stereocenters. The van der Waals surface area contributed by atoms with Gasteiger partial charge in [0, 0.05) is 0 Å². The molecule has 72 valence electrons. The zero-order valence-corrected chi connectivity index (χ0v) is 8.84. The second-order valence-corrected chi connectivity index (χ2v) is 5.88. The molecule has 0 aromatic rings. The first kappa shape index (κ1) is 8.38. The van der Waals surface area contributed by atoms with E-state index in [1.807, 2.05) is 0 Å². The third kappa shape index (κ3) is 1.27. The highest BCUT2D eigenvalue weighted by atomic mass is 14.5. The summed E-state index contributed by atoms with van der Waals surface area (Å²) in [5, 5.41) is 0. The fraction of sp³-hybridized carbons (Fsp3) is 1.00. The zero-order valence-electron chi connectivity index (χ0n) is 8.84. The van der Waals surface area contributed by atoms with Gasteiger partial charge in [-0.25, -0.2) is 0 Å². The largest absolute Gasteiger partial charge is 0.101 e. The highest BCUT2D eigenvalue weighted by molar-refractivity contribution is 6.08. The Balaban J connectivity index is 1.77. The minimum atomic E-state index is 1.15. The normalized spacial score (nSPS) is 52.8. The van der Waals surface area contributed by atoms with E-state index in [9.17, 15) is 0 Å². The summed E-state index contributed by atoms with van der Waals surface area (Å²) in [6, 6.07) is 0. The van der Waals surface area contributed by atoms with E-state index >= 15 is 0 Å². The molecule has 0 unspecified atom stereocenters. The Hall–Kier alpha value is 0.0649. The molecule has 4 fully saturated rings. The molecule has 0 amide bonds. The van der Waals surface area contributed by atoms with Crippen LogP contribution in [0.25, 0.3) is 0 Å². The fourth-order valence-corrected chi connectivity index (χ4v) is 4.84. The topological polar surface area (TPSA) is 0 Å². The van der Waals surface area contributed by atoms with Gasteiger partial charge in [-0.15, -0.1) is 0 Å². The lowest BCUT2D eigenvalue weighted by Crippen LogP contribution is -2.44. The Bertz CT molecular complexity index is 171. The van der Waals surface area contributed by atoms with Crippen LogP contribution in [0.15, 0.2) is 0 Å². The van der Waals surface area contributed by atoms with E-state index in [4.69, 9.17) is 0 Å². The van der Waals surface area contributed by atoms with E-state index in [0.29, 0.717) is 0 Å². The third-order valence-corrected chi connectivity index (χ3v) is 5.04. The molecule has 4 bridgehead atoms. The second kappa shape index (κ2) is 3.03. The van der Waals surface area contributed by atoms with Crippen LogP contribution in [0.5, 0.6) is 0 Å². The first-order chi connectivity index (χ1) is 6.36. The van der Waals surface area contributed by atoms with Crippen molar-refractivity contribution in [3.63, 3.8) is 0 Å². The van der Waals surface area contributed by atoms with Gasteiger partial charge in [0.25, 0.3) is 0 Å². The maximum absolute atomic E-state index is 2.37. The molecule has 4 aliphatic carbocycles. The van der Waals surface area contributed by atoms with E-state index in [0.717, 1.165) is 29.6 Å². The molecule has 0 N–H and O–H groups in total. The predicted molar refractivity (Wildman–Crippen MR) is 58.5 cm³/mol. The molecular weight excluding hydrogens is 155 g/mol. The fourth-order valence-electron chi connectivity index (χ4n) is 4.84. The lowest BCUT2D eigenvalue weighted by Gasteiger charge is -2.54. The lowest BCUT2D eigenvalue weighted by molar-refractivity contribution is -0.0375. The zero-order chi connectivity index (χ0) is 8.84. The summed E-state index contributed by atoms with van der Waals surface area (Å²) < 4.78 is 0. The first-order valence-corrected chi connectivity index (χ1v) is 6.36. The highest BCUT2D eigenvalue weighted by Gasteiger charge is 2.47. The monoisotopic (exact) mass is 176 g/mol. The smallest absolute Gasteiger partial charge is 0.0808 e. The van der Waals surface area contributed by atoms with Crippen LogP contribution in [0.1, 0.15) is 38.5 Å². The van der Waals surface area contributed by atoms with E-state index in [1.54, 1.807) is 32.1 Å². The molecule has 0 aromatic carbocycles. The molecule has 13 heavy (non-hydrogen) atoms. The minimum Gasteiger partial charge on any atom is -0.0808 e. The summed E-state index contributed by atoms with van der Waals surface area (Å²) in [5.41, 5.74) is 0. The third-order valence-electron chi connectivity index (χ3n) is 5.04. The van der Waals surface area contributed by atoms with Crippen LogP contribution in [-0.2, 0) is 0 Å². The van der Waals surface area contributed by atoms with Crippen molar-refractivity contribution < 1.29 is 0 Å². The number of hydrogen-bond donors (Lipinski definition) is 0. The summed E-state index contributed by atoms with van der Waals surface area (Å²) in [5.74, 6) is 5.80. The quantitative estimate of drug-likeness (QED) is 0.567. The van der Waals surface area contributed by atoms with Crippen LogP contribution in [0, 0.1) is 29.6 Å². The van der Waals surface area contributed by atoms with Gasteiger partial charge in [-0.2, -0.15) is 0 Å². The van der Waals surface area contributed by atoms with Gasteiger partial charge in [-0.05, 0) is 61.7 Å². The summed E-state index contributed by atoms with van der Waals surface area (Å²) in [6.07, 6.45) is 11.0. The molecule has 1 heteroatoms. The van der Waals surface area contributed by atoms with Crippen molar-refractivity contribution in [2.24, 2.45) is 29.6 Å². The van der Waals surface area contributed by atoms with E-state index in [2.05, 4.69) is 7.85 Å². The average Bonchev–Trinajstić information content (AvgIpc) is 2.10. The van der Waals surface area contributed by atoms with Crippen molar-refractivity contribution >= 4 is 7.85 Å². The first-order valence-electron chi connectivity index (χ1n) is 6.36. The van der Waals surface area contributed by atoms with Crippen LogP contribution < -0.4 is 0 Å². The van der Waals surface area contributed by atoms with Gasteiger partial charge in [0.1, 0.15) is 7.85 Å². The van der Waals surface area contributed by atoms with Crippen molar-refractivity contribution in [3.05, 3.63) is 0 Å². The Morgan fingerprint density at radius 2 is 1.38 bits per heavy atom. The summed E-state index contributed by atoms with van der Waals surface area (Å²) in [4.78, 5) is 0. The Kier molecular flexibility index (Phi) is 1.96. The van der Waals surface area contributed by atoms with Crippen molar-refractivity contribution in [3.8, 4) is 0 Å². The maximum atomic E-state index is 2.37. The van der Waals surface area contributed by atoms with Crippen LogP contribution in [-0.4, -0.2) is 7.85 Å². The lowest BCUT2D eigenvalue weighted by atomic mass is 9.51. The number of rotatable bonds is 2. The van der Waals surface area contributed by atoms with Gasteiger partial charge in [0.15, 0.2) is 0 Å². The standard InChI is InChI=1S/C12H21B/c13-2-1-12-10-4-8-3-9(6-10)7-11(12)5-8/h8-12H,1-7,13H2. The van der Waals surface area contributed by atoms with Gasteiger partial charge < -0.3 is 0 Å². The predicted octanol–water partition coefficient (Wildman–Crippen LogP) is 2.50. The molecule has 0 spiro atoms. The van der Waals surface area contributed by atoms with Crippen molar-refractivity contribution in [2.45, 2.75) is 44.8 Å². The molecule has 0 nitrogen and oxygen atoms in total. The maximum Gasteiger partial charge on any atom is 0.101 e. The molecule has 0 heterocycles. The van der Waals surface area contributed by atoms with Crippen LogP contribution >= 0.6 is 0 Å². The van der Waals surface area contributed by atoms with Crippen molar-refractivity contribution in [2.75, 3.05) is 0 Å². The Morgan fingerprint density at radius 3 is 1.85 bits per heavy atom. The SMILES string of the molecule is BCCC1C2CC3CC(C2)CC1C3. The highest BCUT2D eigenvalue weighted by Crippen LogP contribution is 2.57. The van der Waals surface area contributed by atoms with E-state index < -0.39 is 0 Å². The number of hydrogen-bond acceptors (Lipinski definition) is 0. The van der Waals surface area contributed by atoms with Gasteiger partial charge in [0.2, 0.25) is 0 Å². The minimum absolute atomic E-state index is 1.15. The average molecular weight is 176 g/mol. The van der Waals surface area contributed by atoms with Gasteiger partial charge >= 0.3 is 0 Å². The molecule has 0 radical (unpaired) electrons. The molecule has 4 saturated carbocycles. The van der Waals surface area contributed by atoms with Crippen molar-refractivity contribution in [1.82, 2.24) is 0 Å². The van der Waals surface area contributed by atoms with Gasteiger partial charge in [-0.1, -0.05) is 12.7 Å². The molecule has 0 aromatic heterocycles. The Morgan fingerprint density at radius 1 is 0.846 bits per heavy atom. The molecule has 4 aliphatic rings.